The first-order chi connectivity index (χ1) is 13.1. The molecule has 0 heterocycles. The molecule has 28 heavy (non-hydrogen) atoms. The van der Waals surface area contributed by atoms with E-state index in [-0.39, 0.29) is 30.7 Å². The lowest BCUT2D eigenvalue weighted by molar-refractivity contribution is -0.129. The second-order valence-corrected chi connectivity index (χ2v) is 7.92. The Morgan fingerprint density at radius 2 is 1.36 bits per heavy atom. The molecular weight excluding hydrogens is 407 g/mol. The van der Waals surface area contributed by atoms with Crippen molar-refractivity contribution in [1.82, 2.24) is 10.6 Å². The average Bonchev–Trinajstić information content (AvgIpc) is 3.15. The van der Waals surface area contributed by atoms with Crippen molar-refractivity contribution in [3.8, 4) is 0 Å². The van der Waals surface area contributed by atoms with E-state index >= 15 is 0 Å². The number of hydrogen-bond acceptors (Lipinski definition) is 6. The first-order valence-electron chi connectivity index (χ1n) is 9.44. The minimum Gasteiger partial charge on any atom is -0.359 e. The molecule has 2 amide bonds. The van der Waals surface area contributed by atoms with Crippen LogP contribution in [0.5, 0.6) is 0 Å². The Hall–Kier alpha value is -1.22. The van der Waals surface area contributed by atoms with Crippen LogP contribution in [0.3, 0.4) is 0 Å². The van der Waals surface area contributed by atoms with E-state index < -0.39 is 10.5 Å². The molecule has 0 bridgehead atoms. The number of hydrogen-bond donors (Lipinski definition) is 4. The summed E-state index contributed by atoms with van der Waals surface area (Å²) in [6, 6.07) is 0.854. The van der Waals surface area contributed by atoms with Crippen LogP contribution in [-0.4, -0.2) is 47.5 Å². The van der Waals surface area contributed by atoms with Crippen LogP contribution in [0.2, 0.25) is 0 Å². The smallest absolute Gasteiger partial charge is 0.230 e. The van der Waals surface area contributed by atoms with E-state index in [0.29, 0.717) is 18.0 Å². The van der Waals surface area contributed by atoms with Gasteiger partial charge in [0.1, 0.15) is 6.42 Å². The van der Waals surface area contributed by atoms with E-state index in [2.05, 4.69) is 17.6 Å². The topological polar surface area (TPSA) is 144 Å². The lowest BCUT2D eigenvalue weighted by Crippen LogP contribution is -2.38. The van der Waals surface area contributed by atoms with Crippen molar-refractivity contribution in [3.63, 3.8) is 0 Å². The van der Waals surface area contributed by atoms with Gasteiger partial charge >= 0.3 is 0 Å². The summed E-state index contributed by atoms with van der Waals surface area (Å²) >= 11 is 9.46. The number of nitrogens with one attached hydrogen (secondary N) is 2. The molecule has 2 aliphatic carbocycles. The number of amides is 2. The molecule has 8 nitrogen and oxygen atoms in total. The third kappa shape index (κ3) is 13.0. The van der Waals surface area contributed by atoms with Gasteiger partial charge in [0.05, 0.1) is 6.42 Å². The number of carbonyl (C=O) groups is 4. The fraction of sp³-hybridized carbons (Fsp3) is 0.778. The standard InChI is InChI=1S/C10H18N2O2.C5H12N2.C3H2Cl2O2/c1-7-4-3-5-8(7)12-10(14)6-9(13)11-2;6-4-2-1-3-5(4)7;4-2(6)1-3(5)7/h7-8H,3-6H2,1-2H3,(H,11,13)(H,12,14);4-5H,1-3,6-7H2;1H2. The molecule has 0 aliphatic heterocycles. The van der Waals surface area contributed by atoms with E-state index in [1.165, 1.54) is 26.3 Å². The highest BCUT2D eigenvalue weighted by Crippen LogP contribution is 2.24. The second kappa shape index (κ2) is 14.7. The lowest BCUT2D eigenvalue weighted by Gasteiger charge is -2.16. The lowest BCUT2D eigenvalue weighted by atomic mass is 10.1. The van der Waals surface area contributed by atoms with Gasteiger partial charge in [0.2, 0.25) is 22.3 Å². The highest BCUT2D eigenvalue weighted by atomic mass is 35.5. The van der Waals surface area contributed by atoms with Crippen molar-refractivity contribution in [3.05, 3.63) is 0 Å². The van der Waals surface area contributed by atoms with Crippen molar-refractivity contribution < 1.29 is 19.2 Å². The monoisotopic (exact) mass is 438 g/mol. The Morgan fingerprint density at radius 3 is 1.64 bits per heavy atom. The Bertz CT molecular complexity index is 514. The van der Waals surface area contributed by atoms with Gasteiger partial charge in [-0.25, -0.2) is 0 Å². The molecule has 0 aromatic rings. The van der Waals surface area contributed by atoms with Gasteiger partial charge in [-0.05, 0) is 54.8 Å². The molecule has 0 saturated heterocycles. The molecule has 0 aromatic heterocycles. The summed E-state index contributed by atoms with van der Waals surface area (Å²) in [4.78, 5) is 41.7. The Labute approximate surface area is 176 Å². The molecule has 0 radical (unpaired) electrons. The number of halogens is 2. The molecule has 4 atom stereocenters. The van der Waals surface area contributed by atoms with Crippen molar-refractivity contribution in [2.24, 2.45) is 17.4 Å². The van der Waals surface area contributed by atoms with Crippen LogP contribution < -0.4 is 22.1 Å². The van der Waals surface area contributed by atoms with Gasteiger partial charge < -0.3 is 22.1 Å². The highest BCUT2D eigenvalue weighted by Gasteiger charge is 2.25. The van der Waals surface area contributed by atoms with Gasteiger partial charge in [-0.15, -0.1) is 0 Å². The molecule has 10 heteroatoms. The molecule has 0 aromatic carbocycles. The third-order valence-corrected chi connectivity index (χ3v) is 4.98. The fourth-order valence-electron chi connectivity index (χ4n) is 2.98. The zero-order valence-electron chi connectivity index (χ0n) is 16.5. The number of rotatable bonds is 5. The number of nitrogens with two attached hydrogens (primary N) is 2. The van der Waals surface area contributed by atoms with Crippen LogP contribution in [0.1, 0.15) is 58.3 Å². The summed E-state index contributed by atoms with van der Waals surface area (Å²) in [6.07, 6.45) is 6.42. The predicted octanol–water partition coefficient (Wildman–Crippen LogP) is 1.16. The van der Waals surface area contributed by atoms with Crippen molar-refractivity contribution in [2.45, 2.75) is 76.4 Å². The SMILES string of the molecule is CNC(=O)CC(=O)NC1CCCC1C.NC1CCCC1N.O=C(Cl)CC(=O)Cl. The fourth-order valence-corrected chi connectivity index (χ4v) is 3.29. The summed E-state index contributed by atoms with van der Waals surface area (Å²) in [5, 5.41) is 3.88. The first-order valence-corrected chi connectivity index (χ1v) is 10.2. The summed E-state index contributed by atoms with van der Waals surface area (Å²) in [5.41, 5.74) is 11.1. The molecule has 2 rings (SSSR count). The maximum absolute atomic E-state index is 11.3. The largest absolute Gasteiger partial charge is 0.359 e. The van der Waals surface area contributed by atoms with Crippen LogP contribution >= 0.6 is 23.2 Å². The first kappa shape index (κ1) is 26.8. The maximum atomic E-state index is 11.3. The van der Waals surface area contributed by atoms with Crippen molar-refractivity contribution >= 4 is 45.5 Å². The summed E-state index contributed by atoms with van der Waals surface area (Å²) in [7, 11) is 1.54. The molecule has 162 valence electrons. The highest BCUT2D eigenvalue weighted by molar-refractivity contribution is 6.72. The second-order valence-electron chi connectivity index (χ2n) is 7.08. The zero-order chi connectivity index (χ0) is 21.7. The van der Waals surface area contributed by atoms with Gasteiger partial charge in [0, 0.05) is 25.2 Å². The van der Waals surface area contributed by atoms with Crippen molar-refractivity contribution in [1.29, 1.82) is 0 Å². The van der Waals surface area contributed by atoms with Crippen LogP contribution in [0, 0.1) is 5.92 Å². The van der Waals surface area contributed by atoms with Crippen LogP contribution in [0.15, 0.2) is 0 Å². The van der Waals surface area contributed by atoms with Gasteiger partial charge in [0.15, 0.2) is 0 Å². The van der Waals surface area contributed by atoms with Gasteiger partial charge in [-0.2, -0.15) is 0 Å². The minimum atomic E-state index is -0.722. The van der Waals surface area contributed by atoms with E-state index in [0.717, 1.165) is 19.3 Å². The normalized spacial score (nSPS) is 25.5. The van der Waals surface area contributed by atoms with Gasteiger partial charge in [0.25, 0.3) is 0 Å². The summed E-state index contributed by atoms with van der Waals surface area (Å²) < 4.78 is 0. The van der Waals surface area contributed by atoms with Crippen LogP contribution in [0.4, 0.5) is 0 Å². The Morgan fingerprint density at radius 1 is 0.857 bits per heavy atom. The molecule has 0 spiro atoms. The molecule has 4 unspecified atom stereocenters. The molecule has 6 N–H and O–H groups in total. The number of carbonyl (C=O) groups excluding carboxylic acids is 4. The van der Waals surface area contributed by atoms with E-state index in [4.69, 9.17) is 34.7 Å². The zero-order valence-corrected chi connectivity index (χ0v) is 18.0. The van der Waals surface area contributed by atoms with E-state index in [1.54, 1.807) is 0 Å². The summed E-state index contributed by atoms with van der Waals surface area (Å²) in [5.74, 6) is 0.153. The third-order valence-electron chi connectivity index (χ3n) is 4.71. The Kier molecular flexibility index (Phi) is 14.1. The Balaban J connectivity index is 0.000000437. The summed E-state index contributed by atoms with van der Waals surface area (Å²) in [6.45, 7) is 2.14. The molecular formula is C18H32Cl2N4O4. The quantitative estimate of drug-likeness (QED) is 0.374. The maximum Gasteiger partial charge on any atom is 0.230 e. The molecule has 2 aliphatic rings. The van der Waals surface area contributed by atoms with Crippen molar-refractivity contribution in [2.75, 3.05) is 7.05 Å². The average molecular weight is 439 g/mol. The molecule has 2 saturated carbocycles. The predicted molar refractivity (Wildman–Crippen MR) is 110 cm³/mol. The minimum absolute atomic E-state index is 0.0558. The van der Waals surface area contributed by atoms with Crippen LogP contribution in [-0.2, 0) is 19.2 Å². The van der Waals surface area contributed by atoms with E-state index in [1.807, 2.05) is 0 Å². The van der Waals surface area contributed by atoms with Crippen LogP contribution in [0.25, 0.3) is 0 Å². The van der Waals surface area contributed by atoms with Gasteiger partial charge in [-0.1, -0.05) is 19.8 Å². The molecule has 2 fully saturated rings. The van der Waals surface area contributed by atoms with Gasteiger partial charge in [-0.3, -0.25) is 19.2 Å². The van der Waals surface area contributed by atoms with E-state index in [9.17, 15) is 19.2 Å².